The first kappa shape index (κ1) is 12.2. The predicted molar refractivity (Wildman–Crippen MR) is 66.4 cm³/mol. The second-order valence-corrected chi connectivity index (χ2v) is 4.13. The molecule has 0 bridgehead atoms. The summed E-state index contributed by atoms with van der Waals surface area (Å²) in [5.74, 6) is -0.734. The number of anilines is 1. The lowest BCUT2D eigenvalue weighted by atomic mass is 10.1. The Morgan fingerprint density at radius 2 is 2.33 bits per heavy atom. The normalized spacial score (nSPS) is 18.7. The van der Waals surface area contributed by atoms with Gasteiger partial charge in [0.25, 0.3) is 0 Å². The summed E-state index contributed by atoms with van der Waals surface area (Å²) in [6.07, 6.45) is 2.51. The molecule has 0 fully saturated rings. The molecule has 5 heteroatoms. The number of carboxylic acids is 1. The van der Waals surface area contributed by atoms with Gasteiger partial charge in [-0.15, -0.1) is 0 Å². The van der Waals surface area contributed by atoms with E-state index in [1.807, 2.05) is 0 Å². The number of carbonyl (C=O) groups is 2. The Bertz CT molecular complexity index is 522. The third-order valence-electron chi connectivity index (χ3n) is 2.62. The summed E-state index contributed by atoms with van der Waals surface area (Å²) in [7, 11) is 0. The van der Waals surface area contributed by atoms with Crippen molar-refractivity contribution >= 4 is 23.6 Å². The van der Waals surface area contributed by atoms with Crippen molar-refractivity contribution in [3.05, 3.63) is 29.8 Å². The Labute approximate surface area is 104 Å². The second-order valence-electron chi connectivity index (χ2n) is 4.13. The first-order valence-electron chi connectivity index (χ1n) is 5.55. The molecule has 5 nitrogen and oxygen atoms in total. The molecule has 0 spiro atoms. The van der Waals surface area contributed by atoms with Gasteiger partial charge in [-0.1, -0.05) is 13.0 Å². The maximum absolute atomic E-state index is 11.7. The summed E-state index contributed by atoms with van der Waals surface area (Å²) < 4.78 is 5.49. The van der Waals surface area contributed by atoms with E-state index in [-0.39, 0.29) is 11.8 Å². The second kappa shape index (κ2) is 4.91. The van der Waals surface area contributed by atoms with Crippen LogP contribution in [0.15, 0.2) is 24.3 Å². The smallest absolute Gasteiger partial charge is 0.328 e. The molecule has 1 amide bonds. The molecule has 2 rings (SSSR count). The number of hydrogen-bond acceptors (Lipinski definition) is 3. The minimum Gasteiger partial charge on any atom is -0.491 e. The van der Waals surface area contributed by atoms with Gasteiger partial charge in [-0.25, -0.2) is 4.79 Å². The molecule has 1 atom stereocenters. The fraction of sp³-hybridized carbons (Fsp3) is 0.231. The van der Waals surface area contributed by atoms with Gasteiger partial charge in [0.15, 0.2) is 0 Å². The van der Waals surface area contributed by atoms with Crippen LogP contribution < -0.4 is 10.1 Å². The molecule has 1 unspecified atom stereocenters. The van der Waals surface area contributed by atoms with Gasteiger partial charge in [-0.2, -0.15) is 0 Å². The molecule has 0 radical (unpaired) electrons. The highest BCUT2D eigenvalue weighted by molar-refractivity contribution is 5.95. The molecule has 18 heavy (non-hydrogen) atoms. The van der Waals surface area contributed by atoms with Crippen LogP contribution in [0.3, 0.4) is 0 Å². The molecule has 0 aromatic heterocycles. The van der Waals surface area contributed by atoms with Crippen LogP contribution in [0.2, 0.25) is 0 Å². The number of carbonyl (C=O) groups excluding carboxylic acids is 1. The molecule has 1 heterocycles. The fourth-order valence-corrected chi connectivity index (χ4v) is 1.59. The van der Waals surface area contributed by atoms with Gasteiger partial charge in [0.2, 0.25) is 5.91 Å². The number of rotatable bonds is 2. The summed E-state index contributed by atoms with van der Waals surface area (Å²) in [5.41, 5.74) is 1.26. The number of aliphatic carboxylic acids is 1. The van der Waals surface area contributed by atoms with Crippen molar-refractivity contribution in [2.75, 3.05) is 11.9 Å². The van der Waals surface area contributed by atoms with E-state index in [2.05, 4.69) is 5.32 Å². The van der Waals surface area contributed by atoms with Crippen molar-refractivity contribution in [2.24, 2.45) is 5.92 Å². The third kappa shape index (κ3) is 2.68. The fourth-order valence-electron chi connectivity index (χ4n) is 1.59. The van der Waals surface area contributed by atoms with E-state index in [0.717, 1.165) is 6.08 Å². The maximum Gasteiger partial charge on any atom is 0.328 e. The average molecular weight is 247 g/mol. The standard InChI is InChI=1S/C13H13NO4/c1-8-7-18-11-4-2-9(3-5-12(15)16)6-10(11)14-13(8)17/h2-6,8H,7H2,1H3,(H,14,17)(H,15,16)/b5-3+. The molecule has 1 aromatic carbocycles. The van der Waals surface area contributed by atoms with E-state index in [4.69, 9.17) is 9.84 Å². The molecular weight excluding hydrogens is 234 g/mol. The first-order chi connectivity index (χ1) is 8.56. The highest BCUT2D eigenvalue weighted by Gasteiger charge is 2.20. The van der Waals surface area contributed by atoms with Crippen LogP contribution in [0.25, 0.3) is 6.08 Å². The molecule has 0 saturated carbocycles. The minimum atomic E-state index is -1.01. The third-order valence-corrected chi connectivity index (χ3v) is 2.62. The number of amides is 1. The number of carboxylic acid groups (broad SMARTS) is 1. The van der Waals surface area contributed by atoms with Crippen LogP contribution in [0.5, 0.6) is 5.75 Å². The van der Waals surface area contributed by atoms with E-state index < -0.39 is 5.97 Å². The van der Waals surface area contributed by atoms with E-state index in [1.54, 1.807) is 25.1 Å². The number of nitrogens with one attached hydrogen (secondary N) is 1. The molecule has 1 aliphatic heterocycles. The van der Waals surface area contributed by atoms with Gasteiger partial charge < -0.3 is 15.2 Å². The van der Waals surface area contributed by atoms with Crippen molar-refractivity contribution in [1.29, 1.82) is 0 Å². The Morgan fingerprint density at radius 3 is 3.06 bits per heavy atom. The van der Waals surface area contributed by atoms with Gasteiger partial charge in [-0.3, -0.25) is 4.79 Å². The van der Waals surface area contributed by atoms with Crippen LogP contribution in [0, 0.1) is 5.92 Å². The Kier molecular flexibility index (Phi) is 3.32. The number of fused-ring (bicyclic) bond motifs is 1. The summed E-state index contributed by atoms with van der Waals surface area (Å²) in [5, 5.41) is 11.3. The topological polar surface area (TPSA) is 75.6 Å². The van der Waals surface area contributed by atoms with E-state index in [1.165, 1.54) is 6.08 Å². The van der Waals surface area contributed by atoms with E-state index in [9.17, 15) is 9.59 Å². The van der Waals surface area contributed by atoms with Gasteiger partial charge >= 0.3 is 5.97 Å². The Balaban J connectivity index is 2.29. The zero-order valence-electron chi connectivity index (χ0n) is 9.84. The average Bonchev–Trinajstić information content (AvgIpc) is 2.47. The Hall–Kier alpha value is -2.30. The van der Waals surface area contributed by atoms with E-state index in [0.29, 0.717) is 23.6 Å². The van der Waals surface area contributed by atoms with Crippen molar-refractivity contribution < 1.29 is 19.4 Å². The lowest BCUT2D eigenvalue weighted by Crippen LogP contribution is -2.22. The van der Waals surface area contributed by atoms with Crippen LogP contribution >= 0.6 is 0 Å². The summed E-state index contributed by atoms with van der Waals surface area (Å²) in [6.45, 7) is 2.12. The highest BCUT2D eigenvalue weighted by atomic mass is 16.5. The lowest BCUT2D eigenvalue weighted by Gasteiger charge is -2.07. The van der Waals surface area contributed by atoms with Gasteiger partial charge in [0.1, 0.15) is 5.75 Å². The number of benzene rings is 1. The minimum absolute atomic E-state index is 0.104. The monoisotopic (exact) mass is 247 g/mol. The molecule has 0 saturated heterocycles. The molecule has 2 N–H and O–H groups in total. The number of hydrogen-bond donors (Lipinski definition) is 2. The lowest BCUT2D eigenvalue weighted by molar-refractivity contribution is -0.131. The highest BCUT2D eigenvalue weighted by Crippen LogP contribution is 2.29. The maximum atomic E-state index is 11.7. The largest absolute Gasteiger partial charge is 0.491 e. The number of ether oxygens (including phenoxy) is 1. The van der Waals surface area contributed by atoms with Gasteiger partial charge in [0.05, 0.1) is 18.2 Å². The van der Waals surface area contributed by atoms with Crippen LogP contribution in [0.4, 0.5) is 5.69 Å². The molecule has 0 aliphatic carbocycles. The molecular formula is C13H13NO4. The van der Waals surface area contributed by atoms with Crippen molar-refractivity contribution in [3.8, 4) is 5.75 Å². The predicted octanol–water partition coefficient (Wildman–Crippen LogP) is 1.75. The summed E-state index contributed by atoms with van der Waals surface area (Å²) in [6, 6.07) is 5.14. The van der Waals surface area contributed by atoms with Crippen molar-refractivity contribution in [2.45, 2.75) is 6.92 Å². The quantitative estimate of drug-likeness (QED) is 0.781. The SMILES string of the molecule is CC1COc2ccc(/C=C/C(=O)O)cc2NC1=O. The summed E-state index contributed by atoms with van der Waals surface area (Å²) >= 11 is 0. The zero-order valence-corrected chi connectivity index (χ0v) is 9.84. The Morgan fingerprint density at radius 1 is 1.56 bits per heavy atom. The van der Waals surface area contributed by atoms with E-state index >= 15 is 0 Å². The zero-order chi connectivity index (χ0) is 13.1. The first-order valence-corrected chi connectivity index (χ1v) is 5.55. The molecule has 1 aromatic rings. The van der Waals surface area contributed by atoms with Crippen LogP contribution in [-0.4, -0.2) is 23.6 Å². The van der Waals surface area contributed by atoms with Crippen molar-refractivity contribution in [1.82, 2.24) is 0 Å². The van der Waals surface area contributed by atoms with Crippen LogP contribution in [0.1, 0.15) is 12.5 Å². The molecule has 1 aliphatic rings. The summed E-state index contributed by atoms with van der Waals surface area (Å²) in [4.78, 5) is 22.1. The van der Waals surface area contributed by atoms with Crippen molar-refractivity contribution in [3.63, 3.8) is 0 Å². The van der Waals surface area contributed by atoms with Gasteiger partial charge in [0, 0.05) is 6.08 Å². The molecule has 94 valence electrons. The van der Waals surface area contributed by atoms with Gasteiger partial charge in [-0.05, 0) is 23.8 Å². The van der Waals surface area contributed by atoms with Crippen LogP contribution in [-0.2, 0) is 9.59 Å².